The van der Waals surface area contributed by atoms with Gasteiger partial charge in [0.05, 0.1) is 10.6 Å². The van der Waals surface area contributed by atoms with Gasteiger partial charge < -0.3 is 4.74 Å². The van der Waals surface area contributed by atoms with E-state index in [-0.39, 0.29) is 6.07 Å². The van der Waals surface area contributed by atoms with E-state index in [1.807, 2.05) is 0 Å². The van der Waals surface area contributed by atoms with Crippen molar-refractivity contribution in [3.05, 3.63) is 33.9 Å². The van der Waals surface area contributed by atoms with Crippen LogP contribution in [-0.2, 0) is 4.74 Å². The lowest BCUT2D eigenvalue weighted by Gasteiger charge is -2.09. The maximum absolute atomic E-state index is 13.2. The van der Waals surface area contributed by atoms with E-state index < -0.39 is 46.8 Å². The number of nitrogens with zero attached hydrogens (tertiary/aromatic N) is 1. The Morgan fingerprint density at radius 1 is 1.30 bits per heavy atom. The van der Waals surface area contributed by atoms with Gasteiger partial charge in [-0.25, -0.2) is 9.18 Å². The van der Waals surface area contributed by atoms with E-state index >= 15 is 0 Å². The molecule has 1 rings (SSSR count). The van der Waals surface area contributed by atoms with Gasteiger partial charge in [-0.15, -0.1) is 0 Å². The predicted octanol–water partition coefficient (Wildman–Crippen LogP) is 2.98. The average Bonchev–Trinajstić information content (AvgIpc) is 2.28. The van der Waals surface area contributed by atoms with Crippen LogP contribution < -0.4 is 5.32 Å². The van der Waals surface area contributed by atoms with Gasteiger partial charge in [0, 0.05) is 12.1 Å². The first-order valence-corrected chi connectivity index (χ1v) is 4.74. The largest absolute Gasteiger partial charge is 0.440 e. The van der Waals surface area contributed by atoms with Crippen molar-refractivity contribution in [1.82, 2.24) is 0 Å². The maximum Gasteiger partial charge on any atom is 0.422 e. The molecular formula is C9H5F5N2O4. The van der Waals surface area contributed by atoms with E-state index in [4.69, 9.17) is 0 Å². The lowest BCUT2D eigenvalue weighted by molar-refractivity contribution is -0.387. The van der Waals surface area contributed by atoms with Crippen molar-refractivity contribution in [3.8, 4) is 0 Å². The number of alkyl halides is 3. The number of nitro benzene ring substituents is 1. The van der Waals surface area contributed by atoms with E-state index in [0.29, 0.717) is 6.07 Å². The van der Waals surface area contributed by atoms with Crippen molar-refractivity contribution in [2.75, 3.05) is 11.9 Å². The second-order valence-electron chi connectivity index (χ2n) is 3.36. The standard InChI is InChI=1S/C9H5F5N2O4/c10-4-1-5(11)7(16(18)19)2-6(4)15-8(17)20-3-9(12,13)14/h1-2H,3H2,(H,15,17). The first kappa shape index (κ1) is 15.6. The molecule has 0 spiro atoms. The van der Waals surface area contributed by atoms with Crippen LogP contribution in [-0.4, -0.2) is 23.8 Å². The fourth-order valence-electron chi connectivity index (χ4n) is 1.07. The monoisotopic (exact) mass is 300 g/mol. The molecule has 0 aliphatic carbocycles. The summed E-state index contributed by atoms with van der Waals surface area (Å²) in [6.45, 7) is -1.93. The van der Waals surface area contributed by atoms with Gasteiger partial charge in [0.1, 0.15) is 5.82 Å². The number of benzene rings is 1. The third kappa shape index (κ3) is 4.33. The molecule has 0 aromatic heterocycles. The van der Waals surface area contributed by atoms with Crippen LogP contribution in [0.3, 0.4) is 0 Å². The molecule has 0 saturated heterocycles. The van der Waals surface area contributed by atoms with Crippen LogP contribution in [0.5, 0.6) is 0 Å². The van der Waals surface area contributed by atoms with Gasteiger partial charge in [-0.2, -0.15) is 17.6 Å². The highest BCUT2D eigenvalue weighted by Crippen LogP contribution is 2.25. The zero-order valence-corrected chi connectivity index (χ0v) is 9.33. The van der Waals surface area contributed by atoms with Crippen molar-refractivity contribution >= 4 is 17.5 Å². The number of carbonyl (C=O) groups excluding carboxylic acids is 1. The van der Waals surface area contributed by atoms with Crippen LogP contribution in [0.25, 0.3) is 0 Å². The zero-order valence-electron chi connectivity index (χ0n) is 9.33. The summed E-state index contributed by atoms with van der Waals surface area (Å²) in [5.41, 5.74) is -2.04. The fourth-order valence-corrected chi connectivity index (χ4v) is 1.07. The molecule has 1 aromatic carbocycles. The van der Waals surface area contributed by atoms with Gasteiger partial charge in [0.25, 0.3) is 0 Å². The predicted molar refractivity (Wildman–Crippen MR) is 54.0 cm³/mol. The van der Waals surface area contributed by atoms with E-state index in [1.165, 1.54) is 5.32 Å². The van der Waals surface area contributed by atoms with Crippen LogP contribution in [0.1, 0.15) is 0 Å². The van der Waals surface area contributed by atoms with Crippen molar-refractivity contribution in [2.45, 2.75) is 6.18 Å². The Balaban J connectivity index is 2.85. The van der Waals surface area contributed by atoms with Crippen molar-refractivity contribution in [2.24, 2.45) is 0 Å². The minimum atomic E-state index is -4.79. The SMILES string of the molecule is O=C(Nc1cc([N+](=O)[O-])c(F)cc1F)OCC(F)(F)F. The lowest BCUT2D eigenvalue weighted by atomic mass is 10.2. The van der Waals surface area contributed by atoms with Gasteiger partial charge in [-0.05, 0) is 0 Å². The van der Waals surface area contributed by atoms with Crippen LogP contribution in [0.15, 0.2) is 12.1 Å². The van der Waals surface area contributed by atoms with E-state index in [1.54, 1.807) is 0 Å². The number of nitro groups is 1. The lowest BCUT2D eigenvalue weighted by Crippen LogP contribution is -2.23. The smallest absolute Gasteiger partial charge is 0.422 e. The Hall–Kier alpha value is -2.46. The quantitative estimate of drug-likeness (QED) is 0.528. The molecule has 0 bridgehead atoms. The van der Waals surface area contributed by atoms with E-state index in [0.717, 1.165) is 0 Å². The van der Waals surface area contributed by atoms with Crippen LogP contribution in [0.2, 0.25) is 0 Å². The Morgan fingerprint density at radius 3 is 2.40 bits per heavy atom. The second kappa shape index (κ2) is 5.67. The van der Waals surface area contributed by atoms with E-state index in [9.17, 15) is 36.9 Å². The third-order valence-corrected chi connectivity index (χ3v) is 1.84. The Kier molecular flexibility index (Phi) is 4.42. The van der Waals surface area contributed by atoms with Gasteiger partial charge >= 0.3 is 18.0 Å². The van der Waals surface area contributed by atoms with Gasteiger partial charge in [-0.1, -0.05) is 0 Å². The molecule has 0 radical (unpaired) electrons. The number of nitrogens with one attached hydrogen (secondary N) is 1. The first-order chi connectivity index (χ1) is 9.10. The Morgan fingerprint density at radius 2 is 1.90 bits per heavy atom. The molecule has 0 unspecified atom stereocenters. The van der Waals surface area contributed by atoms with Gasteiger partial charge in [0.15, 0.2) is 6.61 Å². The highest BCUT2D eigenvalue weighted by atomic mass is 19.4. The number of rotatable bonds is 3. The number of anilines is 1. The van der Waals surface area contributed by atoms with Crippen molar-refractivity contribution in [3.63, 3.8) is 0 Å². The molecule has 20 heavy (non-hydrogen) atoms. The molecule has 1 amide bonds. The molecule has 110 valence electrons. The summed E-state index contributed by atoms with van der Waals surface area (Å²) < 4.78 is 65.0. The normalized spacial score (nSPS) is 11.1. The summed E-state index contributed by atoms with van der Waals surface area (Å²) in [4.78, 5) is 20.1. The third-order valence-electron chi connectivity index (χ3n) is 1.84. The minimum absolute atomic E-state index is 0.109. The number of carbonyl (C=O) groups is 1. The molecule has 0 aliphatic heterocycles. The summed E-state index contributed by atoms with van der Waals surface area (Å²) in [6.07, 6.45) is -6.48. The van der Waals surface area contributed by atoms with Crippen LogP contribution >= 0.6 is 0 Å². The highest BCUT2D eigenvalue weighted by molar-refractivity contribution is 5.85. The number of halogens is 5. The highest BCUT2D eigenvalue weighted by Gasteiger charge is 2.30. The molecule has 0 atom stereocenters. The van der Waals surface area contributed by atoms with Crippen LogP contribution in [0, 0.1) is 21.7 Å². The van der Waals surface area contributed by atoms with Gasteiger partial charge in [0.2, 0.25) is 5.82 Å². The summed E-state index contributed by atoms with van der Waals surface area (Å²) in [6, 6.07) is 0.428. The zero-order chi connectivity index (χ0) is 15.5. The maximum atomic E-state index is 13.2. The number of hydrogen-bond donors (Lipinski definition) is 1. The molecule has 11 heteroatoms. The van der Waals surface area contributed by atoms with Crippen LogP contribution in [0.4, 0.5) is 38.1 Å². The van der Waals surface area contributed by atoms with Crippen molar-refractivity contribution in [1.29, 1.82) is 0 Å². The molecule has 0 aliphatic rings. The number of amides is 1. The minimum Gasteiger partial charge on any atom is -0.440 e. The average molecular weight is 300 g/mol. The Labute approximate surface area is 107 Å². The Bertz CT molecular complexity index is 546. The fraction of sp³-hybridized carbons (Fsp3) is 0.222. The first-order valence-electron chi connectivity index (χ1n) is 4.74. The summed E-state index contributed by atoms with van der Waals surface area (Å²) in [5.74, 6) is -2.90. The molecule has 0 saturated carbocycles. The summed E-state index contributed by atoms with van der Waals surface area (Å²) >= 11 is 0. The second-order valence-corrected chi connectivity index (χ2v) is 3.36. The summed E-state index contributed by atoms with van der Waals surface area (Å²) in [5, 5.41) is 11.9. The molecule has 0 heterocycles. The summed E-state index contributed by atoms with van der Waals surface area (Å²) in [7, 11) is 0. The van der Waals surface area contributed by atoms with Crippen molar-refractivity contribution < 1.29 is 36.4 Å². The topological polar surface area (TPSA) is 81.5 Å². The molecule has 1 N–H and O–H groups in total. The number of ether oxygens (including phenoxy) is 1. The number of hydrogen-bond acceptors (Lipinski definition) is 4. The van der Waals surface area contributed by atoms with Gasteiger partial charge in [-0.3, -0.25) is 15.4 Å². The molecular weight excluding hydrogens is 295 g/mol. The molecule has 6 nitrogen and oxygen atoms in total. The molecule has 0 fully saturated rings. The van der Waals surface area contributed by atoms with E-state index in [2.05, 4.69) is 4.74 Å². The molecule has 1 aromatic rings.